The molecule has 0 bridgehead atoms. The van der Waals surface area contributed by atoms with Gasteiger partial charge in [-0.15, -0.1) is 22.7 Å². The number of rotatable bonds is 9. The Kier molecular flexibility index (Phi) is 12.3. The molecule has 4 aromatic carbocycles. The van der Waals surface area contributed by atoms with Crippen molar-refractivity contribution in [3.05, 3.63) is 125 Å². The van der Waals surface area contributed by atoms with Gasteiger partial charge >= 0.3 is 0 Å². The summed E-state index contributed by atoms with van der Waals surface area (Å²) in [6, 6.07) is 25.8. The molecule has 6 aromatic rings. The lowest BCUT2D eigenvalue weighted by Gasteiger charge is -2.33. The van der Waals surface area contributed by atoms with Gasteiger partial charge in [0.15, 0.2) is 10.3 Å². The maximum absolute atomic E-state index is 13.1. The number of para-hydroxylation sites is 1. The first-order chi connectivity index (χ1) is 27.4. The molecule has 0 N–H and O–H groups in total. The van der Waals surface area contributed by atoms with Crippen molar-refractivity contribution in [3.8, 4) is 28.3 Å². The summed E-state index contributed by atoms with van der Waals surface area (Å²) in [6.07, 6.45) is 0. The van der Waals surface area contributed by atoms with Crippen LogP contribution >= 0.6 is 22.7 Å². The van der Waals surface area contributed by atoms with Crippen LogP contribution in [0.4, 0.5) is 19.0 Å². The van der Waals surface area contributed by atoms with E-state index in [0.717, 1.165) is 50.7 Å². The number of methoxy groups -OCH3 is 1. The zero-order valence-electron chi connectivity index (χ0n) is 31.2. The van der Waals surface area contributed by atoms with E-state index in [0.29, 0.717) is 52.4 Å². The van der Waals surface area contributed by atoms with Crippen LogP contribution in [0.1, 0.15) is 5.56 Å². The molecule has 0 atom stereocenters. The SMILES string of the molecule is COc1ccccc1-c1csc(N2CCN(S(=O)(=O)c3ccc(F)cc3)CC2)n1.Cc1cccc(-c2csc(N3CCN(S(=O)(=O)c4ccc(F)cc4)CC3)n2)c1. The monoisotopic (exact) mass is 850 g/mol. The highest BCUT2D eigenvalue weighted by molar-refractivity contribution is 7.89. The van der Waals surface area contributed by atoms with Crippen molar-refractivity contribution in [2.75, 3.05) is 69.3 Å². The molecular weight excluding hydrogens is 811 g/mol. The first kappa shape index (κ1) is 40.4. The van der Waals surface area contributed by atoms with Crippen LogP contribution in [-0.4, -0.2) is 94.9 Å². The summed E-state index contributed by atoms with van der Waals surface area (Å²) in [6.45, 7) is 5.73. The van der Waals surface area contributed by atoms with Crippen LogP contribution in [0.5, 0.6) is 5.75 Å². The van der Waals surface area contributed by atoms with Gasteiger partial charge in [0.25, 0.3) is 0 Å². The van der Waals surface area contributed by atoms with Crippen LogP contribution in [-0.2, 0) is 20.0 Å². The Labute approximate surface area is 339 Å². The van der Waals surface area contributed by atoms with Crippen LogP contribution in [0.25, 0.3) is 22.5 Å². The predicted octanol–water partition coefficient (Wildman–Crippen LogP) is 7.24. The highest BCUT2D eigenvalue weighted by Crippen LogP contribution is 2.34. The summed E-state index contributed by atoms with van der Waals surface area (Å²) in [5.74, 6) is -0.139. The van der Waals surface area contributed by atoms with Crippen molar-refractivity contribution in [1.82, 2.24) is 18.6 Å². The van der Waals surface area contributed by atoms with Crippen LogP contribution < -0.4 is 14.5 Å². The van der Waals surface area contributed by atoms with Crippen LogP contribution in [0.3, 0.4) is 0 Å². The quantitative estimate of drug-likeness (QED) is 0.149. The van der Waals surface area contributed by atoms with E-state index >= 15 is 0 Å². The topological polar surface area (TPSA) is 116 Å². The Morgan fingerprint density at radius 3 is 1.56 bits per heavy atom. The van der Waals surface area contributed by atoms with Crippen molar-refractivity contribution in [1.29, 1.82) is 0 Å². The fourth-order valence-corrected chi connectivity index (χ4v) is 11.1. The molecule has 0 unspecified atom stereocenters. The maximum atomic E-state index is 13.1. The summed E-state index contributed by atoms with van der Waals surface area (Å²) < 4.78 is 85.5. The first-order valence-electron chi connectivity index (χ1n) is 18.1. The molecule has 0 radical (unpaired) electrons. The smallest absolute Gasteiger partial charge is 0.243 e. The average Bonchev–Trinajstić information content (AvgIpc) is 3.93. The number of anilines is 2. The van der Waals surface area contributed by atoms with Gasteiger partial charge < -0.3 is 14.5 Å². The molecule has 2 aromatic heterocycles. The molecule has 298 valence electrons. The number of hydrogen-bond donors (Lipinski definition) is 0. The van der Waals surface area contributed by atoms with Crippen molar-refractivity contribution >= 4 is 53.0 Å². The second-order valence-corrected chi connectivity index (χ2v) is 18.8. The van der Waals surface area contributed by atoms with Gasteiger partial charge in [-0.1, -0.05) is 35.9 Å². The second-order valence-electron chi connectivity index (χ2n) is 13.3. The summed E-state index contributed by atoms with van der Waals surface area (Å²) >= 11 is 3.10. The molecule has 2 fully saturated rings. The van der Waals surface area contributed by atoms with E-state index in [-0.39, 0.29) is 9.79 Å². The lowest BCUT2D eigenvalue weighted by atomic mass is 10.1. The third-order valence-corrected chi connectivity index (χ3v) is 15.2. The molecule has 0 amide bonds. The molecule has 17 heteroatoms. The van der Waals surface area contributed by atoms with Gasteiger partial charge in [-0.25, -0.2) is 35.6 Å². The van der Waals surface area contributed by atoms with Gasteiger partial charge in [-0.05, 0) is 73.7 Å². The number of thiazole rings is 2. The van der Waals surface area contributed by atoms with Crippen molar-refractivity contribution in [2.24, 2.45) is 0 Å². The van der Waals surface area contributed by atoms with Gasteiger partial charge in [0.1, 0.15) is 17.4 Å². The average molecular weight is 851 g/mol. The molecule has 11 nitrogen and oxygen atoms in total. The first-order valence-corrected chi connectivity index (χ1v) is 22.7. The molecule has 8 rings (SSSR count). The number of aromatic nitrogens is 2. The lowest BCUT2D eigenvalue weighted by Crippen LogP contribution is -2.48. The standard InChI is InChI=1S/C20H20FN3O3S2.C20H20FN3O2S2/c1-27-19-5-3-2-4-17(19)18-14-28-20(22-18)23-10-12-24(13-11-23)29(25,26)16-8-6-15(21)7-9-16;1-15-3-2-4-16(13-15)19-14-27-20(22-19)23-9-11-24(12-10-23)28(25,26)18-7-5-17(21)6-8-18/h2-9,14H,10-13H2,1H3;2-8,13-14H,9-12H2,1H3. The minimum absolute atomic E-state index is 0.111. The molecule has 0 saturated carbocycles. The fourth-order valence-electron chi connectivity index (χ4n) is 6.49. The zero-order chi connectivity index (χ0) is 40.2. The Hall–Kier alpha value is -4.78. The summed E-state index contributed by atoms with van der Waals surface area (Å²) in [7, 11) is -5.60. The van der Waals surface area contributed by atoms with E-state index in [4.69, 9.17) is 14.7 Å². The van der Waals surface area contributed by atoms with E-state index < -0.39 is 31.7 Å². The molecular formula is C40H40F2N6O5S4. The van der Waals surface area contributed by atoms with E-state index in [9.17, 15) is 25.6 Å². The highest BCUT2D eigenvalue weighted by atomic mass is 32.2. The molecule has 0 aliphatic carbocycles. The van der Waals surface area contributed by atoms with Crippen LogP contribution in [0.15, 0.2) is 118 Å². The van der Waals surface area contributed by atoms with Gasteiger partial charge in [-0.3, -0.25) is 0 Å². The Morgan fingerprint density at radius 1 is 0.596 bits per heavy atom. The fraction of sp³-hybridized carbons (Fsp3) is 0.250. The van der Waals surface area contributed by atoms with Crippen molar-refractivity contribution in [3.63, 3.8) is 0 Å². The van der Waals surface area contributed by atoms with Crippen LogP contribution in [0, 0.1) is 18.6 Å². The number of sulfonamides is 2. The number of hydrogen-bond acceptors (Lipinski definition) is 11. The Morgan fingerprint density at radius 2 is 1.07 bits per heavy atom. The maximum Gasteiger partial charge on any atom is 0.243 e. The molecule has 2 aliphatic rings. The van der Waals surface area contributed by atoms with Gasteiger partial charge in [0.2, 0.25) is 20.0 Å². The zero-order valence-corrected chi connectivity index (χ0v) is 34.4. The lowest BCUT2D eigenvalue weighted by molar-refractivity contribution is 0.384. The van der Waals surface area contributed by atoms with Crippen molar-refractivity contribution in [2.45, 2.75) is 16.7 Å². The van der Waals surface area contributed by atoms with Gasteiger partial charge in [0.05, 0.1) is 28.3 Å². The Bertz CT molecular complexity index is 2520. The number of benzene rings is 4. The van der Waals surface area contributed by atoms with E-state index in [1.807, 2.05) is 47.2 Å². The molecule has 4 heterocycles. The molecule has 57 heavy (non-hydrogen) atoms. The molecule has 2 aliphatic heterocycles. The number of aryl methyl sites for hydroxylation is 1. The largest absolute Gasteiger partial charge is 0.496 e. The van der Waals surface area contributed by atoms with E-state index in [1.54, 1.807) is 18.4 Å². The van der Waals surface area contributed by atoms with Gasteiger partial charge in [0, 0.05) is 74.2 Å². The molecule has 2 saturated heterocycles. The van der Waals surface area contributed by atoms with Crippen LogP contribution in [0.2, 0.25) is 0 Å². The highest BCUT2D eigenvalue weighted by Gasteiger charge is 2.31. The summed E-state index contributed by atoms with van der Waals surface area (Å²) in [5.41, 5.74) is 4.97. The third kappa shape index (κ3) is 9.19. The molecule has 0 spiro atoms. The number of piperazine rings is 2. The summed E-state index contributed by atoms with van der Waals surface area (Å²) in [4.78, 5) is 13.9. The third-order valence-electron chi connectivity index (χ3n) is 9.60. The van der Waals surface area contributed by atoms with E-state index in [1.165, 1.54) is 61.9 Å². The van der Waals surface area contributed by atoms with Crippen molar-refractivity contribution < 1.29 is 30.4 Å². The Balaban J connectivity index is 0.000000174. The number of halogens is 2. The van der Waals surface area contributed by atoms with E-state index in [2.05, 4.69) is 28.9 Å². The number of nitrogens with zero attached hydrogens (tertiary/aromatic N) is 6. The predicted molar refractivity (Wildman–Crippen MR) is 221 cm³/mol. The number of ether oxygens (including phenoxy) is 1. The normalized spacial score (nSPS) is 15.6. The van der Waals surface area contributed by atoms with Gasteiger partial charge in [-0.2, -0.15) is 8.61 Å². The minimum atomic E-state index is -3.62. The minimum Gasteiger partial charge on any atom is -0.496 e. The second kappa shape index (κ2) is 17.4. The summed E-state index contributed by atoms with van der Waals surface area (Å²) in [5, 5.41) is 5.76.